The van der Waals surface area contributed by atoms with Crippen LogP contribution in [0, 0.1) is 6.92 Å². The van der Waals surface area contributed by atoms with Crippen LogP contribution in [-0.4, -0.2) is 23.4 Å². The molecule has 3 rings (SSSR count). The molecule has 1 heterocycles. The van der Waals surface area contributed by atoms with Gasteiger partial charge in [0.2, 0.25) is 0 Å². The predicted molar refractivity (Wildman–Crippen MR) is 95.2 cm³/mol. The van der Waals surface area contributed by atoms with Crippen molar-refractivity contribution in [2.24, 2.45) is 0 Å². The molecular formula is C19H20O2S. The third kappa shape index (κ3) is 2.74. The number of ether oxygens (including phenoxy) is 2. The molecule has 0 aliphatic carbocycles. The van der Waals surface area contributed by atoms with Crippen LogP contribution < -0.4 is 4.74 Å². The molecule has 2 nitrogen and oxygen atoms in total. The van der Waals surface area contributed by atoms with Gasteiger partial charge >= 0.3 is 0 Å². The molecule has 2 atom stereocenters. The SMILES string of the molecule is C=S=C1c2cc(C)ccc2OC(c2ccccc2)C1OCC. The number of hydrogen-bond donors (Lipinski definition) is 0. The standard InChI is InChI=1S/C19H20O2S/c1-4-20-18-17(14-8-6-5-7-9-14)21-16-11-10-13(2)12-15(16)19(18)22-3/h5-12,17-18H,3-4H2,1-2H3. The van der Waals surface area contributed by atoms with Crippen molar-refractivity contribution >= 4 is 21.7 Å². The van der Waals surface area contributed by atoms with E-state index in [9.17, 15) is 0 Å². The number of rotatable bonds is 3. The molecule has 114 valence electrons. The molecule has 0 N–H and O–H groups in total. The molecule has 2 aromatic carbocycles. The highest BCUT2D eigenvalue weighted by Crippen LogP contribution is 2.37. The zero-order valence-corrected chi connectivity index (χ0v) is 13.7. The van der Waals surface area contributed by atoms with Gasteiger partial charge in [-0.1, -0.05) is 42.0 Å². The molecule has 2 aromatic rings. The van der Waals surface area contributed by atoms with E-state index in [2.05, 4.69) is 37.1 Å². The Hall–Kier alpha value is -1.84. The molecular weight excluding hydrogens is 292 g/mol. The molecule has 0 spiro atoms. The highest BCUT2D eigenvalue weighted by atomic mass is 32.1. The lowest BCUT2D eigenvalue weighted by Gasteiger charge is -2.35. The second-order valence-corrected chi connectivity index (χ2v) is 6.06. The fraction of sp³-hybridized carbons (Fsp3) is 0.263. The van der Waals surface area contributed by atoms with Crippen LogP contribution in [0.1, 0.15) is 29.7 Å². The van der Waals surface area contributed by atoms with E-state index in [0.29, 0.717) is 6.61 Å². The summed E-state index contributed by atoms with van der Waals surface area (Å²) in [4.78, 5) is 1.14. The Morgan fingerprint density at radius 2 is 1.95 bits per heavy atom. The van der Waals surface area contributed by atoms with Gasteiger partial charge in [-0.05, 0) is 37.4 Å². The fourth-order valence-corrected chi connectivity index (χ4v) is 3.49. The van der Waals surface area contributed by atoms with E-state index in [4.69, 9.17) is 9.47 Å². The smallest absolute Gasteiger partial charge is 0.155 e. The Kier molecular flexibility index (Phi) is 4.46. The van der Waals surface area contributed by atoms with Crippen molar-refractivity contribution in [3.05, 3.63) is 65.2 Å². The van der Waals surface area contributed by atoms with Crippen LogP contribution in [0.2, 0.25) is 0 Å². The van der Waals surface area contributed by atoms with Gasteiger partial charge in [0.1, 0.15) is 11.9 Å². The second kappa shape index (κ2) is 6.51. The van der Waals surface area contributed by atoms with E-state index < -0.39 is 0 Å². The summed E-state index contributed by atoms with van der Waals surface area (Å²) in [5.41, 5.74) is 3.44. The van der Waals surface area contributed by atoms with Crippen molar-refractivity contribution in [2.45, 2.75) is 26.1 Å². The number of fused-ring (bicyclic) bond motifs is 1. The van der Waals surface area contributed by atoms with Crippen LogP contribution in [0.5, 0.6) is 5.75 Å². The Morgan fingerprint density at radius 1 is 1.18 bits per heavy atom. The van der Waals surface area contributed by atoms with Crippen LogP contribution in [0.15, 0.2) is 48.5 Å². The number of benzene rings is 2. The topological polar surface area (TPSA) is 18.5 Å². The van der Waals surface area contributed by atoms with Gasteiger partial charge in [-0.2, -0.15) is 10.9 Å². The largest absolute Gasteiger partial charge is 0.482 e. The van der Waals surface area contributed by atoms with Crippen molar-refractivity contribution in [3.8, 4) is 5.75 Å². The first-order chi connectivity index (χ1) is 10.7. The summed E-state index contributed by atoms with van der Waals surface area (Å²) in [5, 5.41) is 0. The third-order valence-corrected chi connectivity index (χ3v) is 4.58. The first-order valence-corrected chi connectivity index (χ1v) is 8.46. The Bertz CT molecular complexity index is 717. The third-order valence-electron chi connectivity index (χ3n) is 3.82. The lowest BCUT2D eigenvalue weighted by Crippen LogP contribution is -2.38. The summed E-state index contributed by atoms with van der Waals surface area (Å²) in [6, 6.07) is 16.5. The summed E-state index contributed by atoms with van der Waals surface area (Å²) in [5.74, 6) is 4.95. The zero-order valence-electron chi connectivity index (χ0n) is 12.9. The van der Waals surface area contributed by atoms with Crippen molar-refractivity contribution in [1.29, 1.82) is 0 Å². The molecule has 2 unspecified atom stereocenters. The van der Waals surface area contributed by atoms with E-state index in [1.807, 2.05) is 31.2 Å². The van der Waals surface area contributed by atoms with Gasteiger partial charge in [0.25, 0.3) is 0 Å². The summed E-state index contributed by atoms with van der Waals surface area (Å²) >= 11 is 0. The average Bonchev–Trinajstić information content (AvgIpc) is 2.55. The van der Waals surface area contributed by atoms with Crippen LogP contribution in [0.3, 0.4) is 0 Å². The van der Waals surface area contributed by atoms with Crippen LogP contribution in [0.25, 0.3) is 0 Å². The number of aryl methyl sites for hydroxylation is 1. The van der Waals surface area contributed by atoms with Crippen molar-refractivity contribution < 1.29 is 9.47 Å². The maximum Gasteiger partial charge on any atom is 0.155 e. The maximum absolute atomic E-state index is 6.28. The minimum absolute atomic E-state index is 0.121. The summed E-state index contributed by atoms with van der Waals surface area (Å²) in [7, 11) is 1.51. The molecule has 0 bridgehead atoms. The van der Waals surface area contributed by atoms with E-state index >= 15 is 0 Å². The molecule has 22 heavy (non-hydrogen) atoms. The van der Waals surface area contributed by atoms with Gasteiger partial charge in [0, 0.05) is 17.0 Å². The quantitative estimate of drug-likeness (QED) is 0.790. The van der Waals surface area contributed by atoms with Gasteiger partial charge in [-0.3, -0.25) is 0 Å². The molecule has 3 heteroatoms. The zero-order chi connectivity index (χ0) is 15.5. The Balaban J connectivity index is 2.12. The van der Waals surface area contributed by atoms with Gasteiger partial charge in [-0.15, -0.1) is 0 Å². The van der Waals surface area contributed by atoms with Crippen molar-refractivity contribution in [1.82, 2.24) is 0 Å². The maximum atomic E-state index is 6.28. The first-order valence-electron chi connectivity index (χ1n) is 7.47. The lowest BCUT2D eigenvalue weighted by molar-refractivity contribution is 0.0150. The molecule has 0 amide bonds. The molecule has 0 radical (unpaired) electrons. The second-order valence-electron chi connectivity index (χ2n) is 5.33. The monoisotopic (exact) mass is 312 g/mol. The van der Waals surface area contributed by atoms with E-state index in [1.165, 1.54) is 16.5 Å². The van der Waals surface area contributed by atoms with Crippen LogP contribution in [0.4, 0.5) is 0 Å². The molecule has 0 fully saturated rings. The predicted octanol–water partition coefficient (Wildman–Crippen LogP) is 4.22. The molecule has 1 aliphatic rings. The van der Waals surface area contributed by atoms with Gasteiger partial charge in [0.05, 0.1) is 0 Å². The van der Waals surface area contributed by atoms with Gasteiger partial charge < -0.3 is 9.47 Å². The van der Waals surface area contributed by atoms with Crippen molar-refractivity contribution in [3.63, 3.8) is 0 Å². The molecule has 0 saturated carbocycles. The van der Waals surface area contributed by atoms with E-state index in [-0.39, 0.29) is 12.2 Å². The molecule has 0 saturated heterocycles. The van der Waals surface area contributed by atoms with Gasteiger partial charge in [-0.25, -0.2) is 0 Å². The van der Waals surface area contributed by atoms with Gasteiger partial charge in [0.15, 0.2) is 6.10 Å². The minimum Gasteiger partial charge on any atom is -0.482 e. The first kappa shape index (κ1) is 15.1. The average molecular weight is 312 g/mol. The molecule has 1 aliphatic heterocycles. The summed E-state index contributed by atoms with van der Waals surface area (Å²) < 4.78 is 12.3. The molecule has 0 aromatic heterocycles. The Morgan fingerprint density at radius 3 is 2.64 bits per heavy atom. The summed E-state index contributed by atoms with van der Waals surface area (Å²) in [6.07, 6.45) is -0.259. The highest BCUT2D eigenvalue weighted by Gasteiger charge is 2.36. The summed E-state index contributed by atoms with van der Waals surface area (Å²) in [6.45, 7) is 4.74. The van der Waals surface area contributed by atoms with Crippen LogP contribution in [-0.2, 0) is 4.74 Å². The highest BCUT2D eigenvalue weighted by molar-refractivity contribution is 7.96. The fourth-order valence-electron chi connectivity index (χ4n) is 2.82. The van der Waals surface area contributed by atoms with E-state index in [0.717, 1.165) is 21.7 Å². The normalized spacial score (nSPS) is 20.2. The van der Waals surface area contributed by atoms with Crippen LogP contribution >= 0.6 is 10.9 Å². The van der Waals surface area contributed by atoms with Crippen molar-refractivity contribution in [2.75, 3.05) is 6.61 Å². The minimum atomic E-state index is -0.138. The number of hydrogen-bond acceptors (Lipinski definition) is 2. The Labute approximate surface area is 135 Å². The van der Waals surface area contributed by atoms with E-state index in [1.54, 1.807) is 0 Å². The lowest BCUT2D eigenvalue weighted by atomic mass is 9.93.